The lowest BCUT2D eigenvalue weighted by Gasteiger charge is -2.16. The maximum atomic E-state index is 10.4. The van der Waals surface area contributed by atoms with Gasteiger partial charge >= 0.3 is 5.97 Å². The Balaban J connectivity index is 2.33. The van der Waals surface area contributed by atoms with Crippen LogP contribution >= 0.6 is 0 Å². The average Bonchev–Trinajstić information content (AvgIpc) is 3.03. The molecule has 0 aromatic heterocycles. The highest BCUT2D eigenvalue weighted by Crippen LogP contribution is 2.26. The number of carboxylic acid groups (broad SMARTS) is 1. The first-order valence-electron chi connectivity index (χ1n) is 9.98. The zero-order valence-electron chi connectivity index (χ0n) is 16.6. The SMILES string of the molecule is CC/C=C\C/C=C\C[C@@H]1O[C@H]([C@@H](O)/C=C/[C@H](O)C/C=C\CCC(=O)O)C[C@H]1O. The van der Waals surface area contributed by atoms with E-state index in [0.29, 0.717) is 25.7 Å². The number of hydrogen-bond donors (Lipinski definition) is 4. The fourth-order valence-corrected chi connectivity index (χ4v) is 2.87. The molecule has 0 bridgehead atoms. The standard InChI is InChI=1S/C22H34O6/c1-2-3-4-5-6-9-12-20-19(25)16-21(28-20)18(24)15-14-17(23)11-8-7-10-13-22(26)27/h3-4,6-9,14-15,17-21,23-25H,2,5,10-13,16H2,1H3,(H,26,27)/b4-3-,8-7-,9-6-,15-14+/t17-,18+,19-,20+,21+/m1/s1. The van der Waals surface area contributed by atoms with E-state index in [-0.39, 0.29) is 12.5 Å². The highest BCUT2D eigenvalue weighted by Gasteiger charge is 2.36. The summed E-state index contributed by atoms with van der Waals surface area (Å²) in [6.45, 7) is 2.08. The van der Waals surface area contributed by atoms with E-state index in [0.717, 1.165) is 12.8 Å². The molecule has 1 aliphatic rings. The third-order valence-electron chi connectivity index (χ3n) is 4.44. The minimum Gasteiger partial charge on any atom is -0.481 e. The van der Waals surface area contributed by atoms with Gasteiger partial charge in [0.05, 0.1) is 30.5 Å². The van der Waals surface area contributed by atoms with Gasteiger partial charge in [-0.2, -0.15) is 0 Å². The Labute approximate surface area is 167 Å². The molecule has 28 heavy (non-hydrogen) atoms. The topological polar surface area (TPSA) is 107 Å². The maximum absolute atomic E-state index is 10.4. The Kier molecular flexibility index (Phi) is 12.4. The third kappa shape index (κ3) is 10.6. The number of carbonyl (C=O) groups is 1. The van der Waals surface area contributed by atoms with Crippen molar-refractivity contribution < 1.29 is 30.0 Å². The molecule has 158 valence electrons. The van der Waals surface area contributed by atoms with Gasteiger partial charge in [-0.3, -0.25) is 4.79 Å². The second-order valence-corrected chi connectivity index (χ2v) is 6.92. The normalized spacial score (nSPS) is 25.5. The van der Waals surface area contributed by atoms with Gasteiger partial charge in [0.1, 0.15) is 0 Å². The van der Waals surface area contributed by atoms with Gasteiger partial charge in [-0.05, 0) is 32.1 Å². The first kappa shape index (κ1) is 24.3. The van der Waals surface area contributed by atoms with Crippen molar-refractivity contribution in [1.82, 2.24) is 0 Å². The Morgan fingerprint density at radius 2 is 1.86 bits per heavy atom. The minimum absolute atomic E-state index is 0.0638. The molecular weight excluding hydrogens is 360 g/mol. The van der Waals surface area contributed by atoms with E-state index in [9.17, 15) is 20.1 Å². The summed E-state index contributed by atoms with van der Waals surface area (Å²) >= 11 is 0. The summed E-state index contributed by atoms with van der Waals surface area (Å²) in [5.41, 5.74) is 0. The highest BCUT2D eigenvalue weighted by molar-refractivity contribution is 5.66. The molecule has 0 aromatic rings. The lowest BCUT2D eigenvalue weighted by molar-refractivity contribution is -0.136. The number of aliphatic carboxylic acids is 1. The van der Waals surface area contributed by atoms with Crippen molar-refractivity contribution in [3.8, 4) is 0 Å². The molecule has 0 unspecified atom stereocenters. The fraction of sp³-hybridized carbons (Fsp3) is 0.591. The zero-order valence-corrected chi connectivity index (χ0v) is 16.6. The molecule has 0 saturated carbocycles. The quantitative estimate of drug-likeness (QED) is 0.358. The number of hydrogen-bond acceptors (Lipinski definition) is 5. The summed E-state index contributed by atoms with van der Waals surface area (Å²) in [6.07, 6.45) is 15.2. The first-order valence-corrected chi connectivity index (χ1v) is 9.98. The van der Waals surface area contributed by atoms with Crippen LogP contribution in [0.1, 0.15) is 51.9 Å². The Morgan fingerprint density at radius 1 is 1.11 bits per heavy atom. The average molecular weight is 395 g/mol. The Hall–Kier alpha value is -1.73. The van der Waals surface area contributed by atoms with Crippen molar-refractivity contribution in [2.75, 3.05) is 0 Å². The molecule has 6 nitrogen and oxygen atoms in total. The molecule has 1 fully saturated rings. The van der Waals surface area contributed by atoms with E-state index in [4.69, 9.17) is 9.84 Å². The van der Waals surface area contributed by atoms with Gasteiger partial charge in [-0.25, -0.2) is 0 Å². The van der Waals surface area contributed by atoms with Crippen LogP contribution in [0.3, 0.4) is 0 Å². The first-order chi connectivity index (χ1) is 13.4. The van der Waals surface area contributed by atoms with Crippen LogP contribution in [-0.2, 0) is 9.53 Å². The number of aliphatic hydroxyl groups excluding tert-OH is 3. The van der Waals surface area contributed by atoms with Gasteiger partial charge in [0, 0.05) is 12.8 Å². The van der Waals surface area contributed by atoms with Crippen molar-refractivity contribution in [3.05, 3.63) is 48.6 Å². The molecule has 6 heteroatoms. The summed E-state index contributed by atoms with van der Waals surface area (Å²) in [5.74, 6) is -0.853. The van der Waals surface area contributed by atoms with Crippen LogP contribution < -0.4 is 0 Å². The van der Waals surface area contributed by atoms with E-state index < -0.39 is 30.4 Å². The van der Waals surface area contributed by atoms with Crippen molar-refractivity contribution in [2.24, 2.45) is 0 Å². The maximum Gasteiger partial charge on any atom is 0.303 e. The predicted octanol–water partition coefficient (Wildman–Crippen LogP) is 2.90. The van der Waals surface area contributed by atoms with Crippen molar-refractivity contribution in [2.45, 2.75) is 82.4 Å². The molecule has 5 atom stereocenters. The second-order valence-electron chi connectivity index (χ2n) is 6.92. The largest absolute Gasteiger partial charge is 0.481 e. The fourth-order valence-electron chi connectivity index (χ4n) is 2.87. The van der Waals surface area contributed by atoms with Crippen LogP contribution in [0.15, 0.2) is 48.6 Å². The monoisotopic (exact) mass is 394 g/mol. The van der Waals surface area contributed by atoms with Crippen molar-refractivity contribution in [1.29, 1.82) is 0 Å². The molecule has 1 rings (SSSR count). The van der Waals surface area contributed by atoms with E-state index in [1.807, 2.05) is 12.2 Å². The van der Waals surface area contributed by atoms with E-state index in [2.05, 4.69) is 19.1 Å². The van der Waals surface area contributed by atoms with Crippen LogP contribution in [0.25, 0.3) is 0 Å². The minimum atomic E-state index is -0.901. The van der Waals surface area contributed by atoms with Crippen molar-refractivity contribution >= 4 is 5.97 Å². The molecule has 0 aromatic carbocycles. The predicted molar refractivity (Wildman–Crippen MR) is 109 cm³/mol. The highest BCUT2D eigenvalue weighted by atomic mass is 16.5. The Bertz CT molecular complexity index is 551. The Morgan fingerprint density at radius 3 is 2.57 bits per heavy atom. The van der Waals surface area contributed by atoms with Gasteiger partial charge in [-0.15, -0.1) is 0 Å². The number of allylic oxidation sites excluding steroid dienone is 4. The van der Waals surface area contributed by atoms with Crippen LogP contribution in [0.4, 0.5) is 0 Å². The molecule has 4 N–H and O–H groups in total. The molecule has 1 saturated heterocycles. The van der Waals surface area contributed by atoms with Gasteiger partial charge in [-0.1, -0.05) is 55.5 Å². The molecule has 0 amide bonds. The number of aliphatic hydroxyl groups is 3. The van der Waals surface area contributed by atoms with Crippen molar-refractivity contribution in [3.63, 3.8) is 0 Å². The third-order valence-corrected chi connectivity index (χ3v) is 4.44. The summed E-state index contributed by atoms with van der Waals surface area (Å²) in [6, 6.07) is 0. The number of carboxylic acids is 1. The van der Waals surface area contributed by atoms with Gasteiger partial charge in [0.2, 0.25) is 0 Å². The molecular formula is C22H34O6. The lowest BCUT2D eigenvalue weighted by atomic mass is 10.0. The van der Waals surface area contributed by atoms with Crippen LogP contribution in [0, 0.1) is 0 Å². The van der Waals surface area contributed by atoms with Gasteiger partial charge < -0.3 is 25.2 Å². The summed E-state index contributed by atoms with van der Waals surface area (Å²) in [4.78, 5) is 10.4. The van der Waals surface area contributed by atoms with E-state index in [1.54, 1.807) is 12.2 Å². The molecule has 0 aliphatic carbocycles. The van der Waals surface area contributed by atoms with Crippen LogP contribution in [-0.4, -0.2) is 56.9 Å². The molecule has 1 aliphatic heterocycles. The molecule has 1 heterocycles. The lowest BCUT2D eigenvalue weighted by Crippen LogP contribution is -2.24. The zero-order chi connectivity index (χ0) is 20.8. The van der Waals surface area contributed by atoms with Crippen LogP contribution in [0.5, 0.6) is 0 Å². The number of ether oxygens (including phenoxy) is 1. The summed E-state index contributed by atoms with van der Waals surface area (Å²) in [7, 11) is 0. The van der Waals surface area contributed by atoms with Gasteiger partial charge in [0.25, 0.3) is 0 Å². The second kappa shape index (κ2) is 14.3. The molecule has 0 spiro atoms. The summed E-state index contributed by atoms with van der Waals surface area (Å²) in [5, 5.41) is 38.8. The smallest absolute Gasteiger partial charge is 0.303 e. The summed E-state index contributed by atoms with van der Waals surface area (Å²) < 4.78 is 5.76. The molecule has 0 radical (unpaired) electrons. The van der Waals surface area contributed by atoms with E-state index in [1.165, 1.54) is 12.2 Å². The van der Waals surface area contributed by atoms with Crippen LogP contribution in [0.2, 0.25) is 0 Å². The number of rotatable bonds is 13. The van der Waals surface area contributed by atoms with E-state index >= 15 is 0 Å². The van der Waals surface area contributed by atoms with Gasteiger partial charge in [0.15, 0.2) is 0 Å².